The number of hydrogen-bond acceptors (Lipinski definition) is 6. The van der Waals surface area contributed by atoms with Crippen molar-refractivity contribution in [3.05, 3.63) is 83.8 Å². The quantitative estimate of drug-likeness (QED) is 0.280. The molecular weight excluding hydrogens is 484 g/mol. The summed E-state index contributed by atoms with van der Waals surface area (Å²) in [6.07, 6.45) is 3.94. The van der Waals surface area contributed by atoms with Crippen LogP contribution in [0.3, 0.4) is 0 Å². The third-order valence-electron chi connectivity index (χ3n) is 6.19. The first-order valence-electron chi connectivity index (χ1n) is 12.4. The number of amides is 3. The molecule has 1 saturated carbocycles. The maximum atomic E-state index is 12.9. The van der Waals surface area contributed by atoms with E-state index in [2.05, 4.69) is 26.0 Å². The van der Waals surface area contributed by atoms with Gasteiger partial charge in [0.1, 0.15) is 18.0 Å². The van der Waals surface area contributed by atoms with Gasteiger partial charge in [-0.1, -0.05) is 24.3 Å². The number of anilines is 1. The molecule has 2 aromatic heterocycles. The van der Waals surface area contributed by atoms with E-state index in [0.717, 1.165) is 23.9 Å². The lowest BCUT2D eigenvalue weighted by atomic mass is 10.2. The fourth-order valence-electron chi connectivity index (χ4n) is 4.09. The number of aromatic nitrogens is 3. The Balaban J connectivity index is 1.18. The van der Waals surface area contributed by atoms with E-state index in [1.807, 2.05) is 18.2 Å². The van der Waals surface area contributed by atoms with E-state index >= 15 is 0 Å². The van der Waals surface area contributed by atoms with Crippen molar-refractivity contribution in [1.82, 2.24) is 25.4 Å². The van der Waals surface area contributed by atoms with Gasteiger partial charge in [0.2, 0.25) is 5.91 Å². The van der Waals surface area contributed by atoms with Crippen molar-refractivity contribution >= 4 is 34.3 Å². The molecule has 10 heteroatoms. The molecule has 0 radical (unpaired) electrons. The van der Waals surface area contributed by atoms with E-state index in [-0.39, 0.29) is 30.8 Å². The van der Waals surface area contributed by atoms with E-state index in [9.17, 15) is 14.4 Å². The first-order valence-corrected chi connectivity index (χ1v) is 12.4. The molecule has 3 amide bonds. The van der Waals surface area contributed by atoms with Gasteiger partial charge in [0.05, 0.1) is 18.3 Å². The minimum Gasteiger partial charge on any atom is -0.494 e. The van der Waals surface area contributed by atoms with E-state index in [1.54, 1.807) is 48.7 Å². The second kappa shape index (κ2) is 11.1. The van der Waals surface area contributed by atoms with Crippen molar-refractivity contribution < 1.29 is 19.1 Å². The Kier molecular flexibility index (Phi) is 7.30. The number of carbonyl (C=O) groups excluding carboxylic acids is 3. The number of benzene rings is 2. The first-order chi connectivity index (χ1) is 18.5. The van der Waals surface area contributed by atoms with Gasteiger partial charge in [0, 0.05) is 47.9 Å². The van der Waals surface area contributed by atoms with Crippen molar-refractivity contribution in [1.29, 1.82) is 0 Å². The molecule has 0 aliphatic heterocycles. The molecular formula is C28H28N6O4. The van der Waals surface area contributed by atoms with Crippen LogP contribution in [0.4, 0.5) is 5.69 Å². The molecule has 1 fully saturated rings. The highest BCUT2D eigenvalue weighted by atomic mass is 16.5. The Morgan fingerprint density at radius 1 is 0.974 bits per heavy atom. The minimum absolute atomic E-state index is 0.00317. The number of fused-ring (bicyclic) bond motifs is 1. The average molecular weight is 513 g/mol. The van der Waals surface area contributed by atoms with Gasteiger partial charge in [-0.25, -0.2) is 4.98 Å². The number of ether oxygens (including phenoxy) is 1. The fourth-order valence-corrected chi connectivity index (χ4v) is 4.09. The van der Waals surface area contributed by atoms with Crippen LogP contribution in [0.15, 0.2) is 66.9 Å². The predicted molar refractivity (Wildman–Crippen MR) is 142 cm³/mol. The van der Waals surface area contributed by atoms with Gasteiger partial charge in [-0.2, -0.15) is 5.10 Å². The van der Waals surface area contributed by atoms with Gasteiger partial charge in [0.15, 0.2) is 0 Å². The van der Waals surface area contributed by atoms with Gasteiger partial charge in [-0.05, 0) is 43.2 Å². The molecule has 38 heavy (non-hydrogen) atoms. The van der Waals surface area contributed by atoms with Crippen LogP contribution in [0.2, 0.25) is 0 Å². The molecule has 2 aromatic carbocycles. The highest BCUT2D eigenvalue weighted by molar-refractivity contribution is 6.05. The van der Waals surface area contributed by atoms with Crippen LogP contribution in [-0.2, 0) is 11.3 Å². The molecule has 4 aromatic rings. The summed E-state index contributed by atoms with van der Waals surface area (Å²) < 4.78 is 6.99. The van der Waals surface area contributed by atoms with Crippen molar-refractivity contribution in [2.75, 3.05) is 25.5 Å². The van der Waals surface area contributed by atoms with Gasteiger partial charge >= 0.3 is 0 Å². The maximum Gasteiger partial charge on any atom is 0.274 e. The summed E-state index contributed by atoms with van der Waals surface area (Å²) >= 11 is 0. The van der Waals surface area contributed by atoms with Crippen LogP contribution in [-0.4, -0.2) is 52.7 Å². The molecule has 0 atom stereocenters. The third-order valence-corrected chi connectivity index (χ3v) is 6.19. The molecule has 5 rings (SSSR count). The Bertz CT molecular complexity index is 1480. The Morgan fingerprint density at radius 2 is 1.76 bits per heavy atom. The SMILES string of the molecule is COc1cc2nn(CC(=O)NCCNC(=O)c3ccccc3)cc2cc1NC(=O)c1cccc(C2CC2)n1. The highest BCUT2D eigenvalue weighted by Gasteiger charge is 2.25. The van der Waals surface area contributed by atoms with Gasteiger partial charge in [-0.15, -0.1) is 0 Å². The number of pyridine rings is 1. The maximum absolute atomic E-state index is 12.9. The summed E-state index contributed by atoms with van der Waals surface area (Å²) in [7, 11) is 1.52. The molecule has 194 valence electrons. The predicted octanol–water partition coefficient (Wildman–Crippen LogP) is 3.12. The summed E-state index contributed by atoms with van der Waals surface area (Å²) in [5.74, 6) is 0.143. The largest absolute Gasteiger partial charge is 0.494 e. The molecule has 0 saturated heterocycles. The molecule has 0 spiro atoms. The zero-order chi connectivity index (χ0) is 26.5. The lowest BCUT2D eigenvalue weighted by molar-refractivity contribution is -0.121. The van der Waals surface area contributed by atoms with Gasteiger partial charge < -0.3 is 20.7 Å². The van der Waals surface area contributed by atoms with E-state index < -0.39 is 0 Å². The number of hydrogen-bond donors (Lipinski definition) is 3. The minimum atomic E-state index is -0.323. The summed E-state index contributed by atoms with van der Waals surface area (Å²) in [6, 6.07) is 17.9. The molecule has 1 aliphatic carbocycles. The topological polar surface area (TPSA) is 127 Å². The summed E-state index contributed by atoms with van der Waals surface area (Å²) in [5.41, 5.74) is 2.97. The fraction of sp³-hybridized carbons (Fsp3) is 0.250. The van der Waals surface area contributed by atoms with Crippen molar-refractivity contribution in [3.8, 4) is 5.75 Å². The number of nitrogens with zero attached hydrogens (tertiary/aromatic N) is 3. The van der Waals surface area contributed by atoms with Gasteiger partial charge in [-0.3, -0.25) is 19.1 Å². The van der Waals surface area contributed by atoms with Gasteiger partial charge in [0.25, 0.3) is 11.8 Å². The Morgan fingerprint density at radius 3 is 2.53 bits per heavy atom. The molecule has 0 unspecified atom stereocenters. The second-order valence-electron chi connectivity index (χ2n) is 9.09. The van der Waals surface area contributed by atoms with E-state index in [4.69, 9.17) is 4.74 Å². The van der Waals surface area contributed by atoms with E-state index in [0.29, 0.717) is 40.7 Å². The molecule has 0 bridgehead atoms. The lowest BCUT2D eigenvalue weighted by Gasteiger charge is -2.10. The van der Waals surface area contributed by atoms with Crippen LogP contribution in [0.25, 0.3) is 10.9 Å². The number of carbonyl (C=O) groups is 3. The number of methoxy groups -OCH3 is 1. The Hall–Kier alpha value is -4.73. The number of rotatable bonds is 10. The van der Waals surface area contributed by atoms with Crippen LogP contribution in [0.5, 0.6) is 5.75 Å². The number of nitrogens with one attached hydrogen (secondary N) is 3. The van der Waals surface area contributed by atoms with Crippen LogP contribution >= 0.6 is 0 Å². The van der Waals surface area contributed by atoms with Crippen molar-refractivity contribution in [2.45, 2.75) is 25.3 Å². The smallest absolute Gasteiger partial charge is 0.274 e. The second-order valence-corrected chi connectivity index (χ2v) is 9.09. The van der Waals surface area contributed by atoms with Crippen LogP contribution in [0.1, 0.15) is 45.3 Å². The summed E-state index contributed by atoms with van der Waals surface area (Å²) in [4.78, 5) is 41.9. The Labute approximate surface area is 219 Å². The van der Waals surface area contributed by atoms with Crippen LogP contribution < -0.4 is 20.7 Å². The normalized spacial score (nSPS) is 12.7. The van der Waals surface area contributed by atoms with Crippen molar-refractivity contribution in [2.24, 2.45) is 0 Å². The third kappa shape index (κ3) is 5.97. The van der Waals surface area contributed by atoms with E-state index in [1.165, 1.54) is 11.8 Å². The summed E-state index contributed by atoms with van der Waals surface area (Å²) in [6.45, 7) is 0.598. The first kappa shape index (κ1) is 24.9. The molecule has 1 aliphatic rings. The molecule has 3 N–H and O–H groups in total. The lowest BCUT2D eigenvalue weighted by Crippen LogP contribution is -2.36. The average Bonchev–Trinajstić information content (AvgIpc) is 3.72. The molecule has 2 heterocycles. The standard InChI is InChI=1S/C28H28N6O4/c1-38-25-15-23-20(14-24(25)32-28(37)22-9-5-8-21(31-22)18-10-11-18)16-34(33-23)17-26(35)29-12-13-30-27(36)19-6-3-2-4-7-19/h2-9,14-16,18H,10-13,17H2,1H3,(H,29,35)(H,30,36)(H,32,37). The van der Waals surface area contributed by atoms with Crippen molar-refractivity contribution in [3.63, 3.8) is 0 Å². The zero-order valence-corrected chi connectivity index (χ0v) is 20.9. The highest BCUT2D eigenvalue weighted by Crippen LogP contribution is 2.39. The monoisotopic (exact) mass is 512 g/mol. The zero-order valence-electron chi connectivity index (χ0n) is 20.9. The summed E-state index contributed by atoms with van der Waals surface area (Å²) in [5, 5.41) is 13.6. The van der Waals surface area contributed by atoms with Crippen LogP contribution in [0, 0.1) is 0 Å². The molecule has 10 nitrogen and oxygen atoms in total.